The van der Waals surface area contributed by atoms with Gasteiger partial charge in [-0.1, -0.05) is 0 Å². The molecule has 4 nitrogen and oxygen atoms in total. The van der Waals surface area contributed by atoms with Crippen LogP contribution in [0.5, 0.6) is 0 Å². The van der Waals surface area contributed by atoms with Crippen molar-refractivity contribution < 1.29 is 19.7 Å². The Bertz CT molecular complexity index is 180. The SMILES string of the molecule is CCOC(=O)[C@]1(O)CCC[C@H]1O. The Labute approximate surface area is 71.2 Å². The van der Waals surface area contributed by atoms with Crippen LogP contribution in [0.2, 0.25) is 0 Å². The van der Waals surface area contributed by atoms with E-state index in [9.17, 15) is 15.0 Å². The molecule has 0 bridgehead atoms. The second-order valence-corrected chi connectivity index (χ2v) is 3.05. The molecule has 2 atom stereocenters. The van der Waals surface area contributed by atoms with E-state index in [4.69, 9.17) is 0 Å². The maximum absolute atomic E-state index is 11.1. The van der Waals surface area contributed by atoms with Gasteiger partial charge in [0.15, 0.2) is 5.60 Å². The fourth-order valence-corrected chi connectivity index (χ4v) is 1.46. The largest absolute Gasteiger partial charge is 0.464 e. The van der Waals surface area contributed by atoms with Crippen molar-refractivity contribution in [3.63, 3.8) is 0 Å². The van der Waals surface area contributed by atoms with Crippen LogP contribution in [-0.2, 0) is 9.53 Å². The summed E-state index contributed by atoms with van der Waals surface area (Å²) in [5.74, 6) is -0.699. The van der Waals surface area contributed by atoms with Crippen molar-refractivity contribution in [1.29, 1.82) is 0 Å². The molecule has 70 valence electrons. The Morgan fingerprint density at radius 1 is 1.75 bits per heavy atom. The van der Waals surface area contributed by atoms with E-state index in [1.54, 1.807) is 6.92 Å². The second kappa shape index (κ2) is 3.41. The first-order valence-corrected chi connectivity index (χ1v) is 4.19. The Balaban J connectivity index is 2.63. The molecule has 0 aliphatic heterocycles. The third-order valence-electron chi connectivity index (χ3n) is 2.22. The van der Waals surface area contributed by atoms with Gasteiger partial charge in [-0.15, -0.1) is 0 Å². The molecule has 0 aromatic heterocycles. The smallest absolute Gasteiger partial charge is 0.340 e. The zero-order valence-corrected chi connectivity index (χ0v) is 7.12. The number of aliphatic hydroxyl groups excluding tert-OH is 1. The zero-order valence-electron chi connectivity index (χ0n) is 7.12. The van der Waals surface area contributed by atoms with Crippen LogP contribution in [-0.4, -0.2) is 34.5 Å². The molecule has 1 rings (SSSR count). The van der Waals surface area contributed by atoms with Crippen LogP contribution in [0.4, 0.5) is 0 Å². The Morgan fingerprint density at radius 3 is 2.83 bits per heavy atom. The van der Waals surface area contributed by atoms with Crippen LogP contribution in [0, 0.1) is 0 Å². The highest BCUT2D eigenvalue weighted by atomic mass is 16.6. The predicted octanol–water partition coefficient (Wildman–Crippen LogP) is -0.175. The molecular formula is C8H14O4. The maximum atomic E-state index is 11.1. The number of hydrogen-bond acceptors (Lipinski definition) is 4. The van der Waals surface area contributed by atoms with Crippen molar-refractivity contribution in [2.75, 3.05) is 6.61 Å². The topological polar surface area (TPSA) is 66.8 Å². The number of carbonyl (C=O) groups excluding carboxylic acids is 1. The van der Waals surface area contributed by atoms with Crippen molar-refractivity contribution >= 4 is 5.97 Å². The van der Waals surface area contributed by atoms with Gasteiger partial charge in [-0.3, -0.25) is 0 Å². The van der Waals surface area contributed by atoms with Gasteiger partial charge >= 0.3 is 5.97 Å². The summed E-state index contributed by atoms with van der Waals surface area (Å²) in [6, 6.07) is 0. The first kappa shape index (κ1) is 9.48. The van der Waals surface area contributed by atoms with Gasteiger partial charge in [0.25, 0.3) is 0 Å². The molecule has 0 heterocycles. The Kier molecular flexibility index (Phi) is 2.69. The molecule has 0 amide bonds. The molecule has 0 saturated heterocycles. The highest BCUT2D eigenvalue weighted by Crippen LogP contribution is 2.30. The molecule has 0 radical (unpaired) electrons. The summed E-state index contributed by atoms with van der Waals surface area (Å²) < 4.78 is 4.65. The van der Waals surface area contributed by atoms with Crippen LogP contribution in [0.25, 0.3) is 0 Å². The van der Waals surface area contributed by atoms with Gasteiger partial charge < -0.3 is 14.9 Å². The standard InChI is InChI=1S/C8H14O4/c1-2-12-7(10)8(11)5-3-4-6(8)9/h6,9,11H,2-5H2,1H3/t6-,8+/m1/s1. The lowest BCUT2D eigenvalue weighted by Gasteiger charge is -2.23. The van der Waals surface area contributed by atoms with Gasteiger partial charge in [0, 0.05) is 0 Å². The summed E-state index contributed by atoms with van der Waals surface area (Å²) in [6.45, 7) is 1.90. The highest BCUT2D eigenvalue weighted by Gasteiger charge is 2.48. The fraction of sp³-hybridized carbons (Fsp3) is 0.875. The third kappa shape index (κ3) is 1.44. The van der Waals surface area contributed by atoms with Crippen molar-refractivity contribution in [3.8, 4) is 0 Å². The molecule has 1 fully saturated rings. The first-order chi connectivity index (χ1) is 5.61. The molecule has 0 spiro atoms. The molecule has 0 unspecified atom stereocenters. The molecule has 4 heteroatoms. The number of carbonyl (C=O) groups is 1. The minimum atomic E-state index is -1.64. The summed E-state index contributed by atoms with van der Waals surface area (Å²) in [5, 5.41) is 18.9. The van der Waals surface area contributed by atoms with Crippen LogP contribution >= 0.6 is 0 Å². The summed E-state index contributed by atoms with van der Waals surface area (Å²) in [5.41, 5.74) is -1.64. The van der Waals surface area contributed by atoms with E-state index < -0.39 is 17.7 Å². The summed E-state index contributed by atoms with van der Waals surface area (Å²) >= 11 is 0. The predicted molar refractivity (Wildman–Crippen MR) is 41.4 cm³/mol. The lowest BCUT2D eigenvalue weighted by molar-refractivity contribution is -0.173. The van der Waals surface area contributed by atoms with E-state index in [0.29, 0.717) is 19.3 Å². The summed E-state index contributed by atoms with van der Waals surface area (Å²) in [4.78, 5) is 11.1. The molecule has 2 N–H and O–H groups in total. The van der Waals surface area contributed by atoms with Gasteiger partial charge in [0.05, 0.1) is 12.7 Å². The molecule has 0 aromatic carbocycles. The molecule has 1 aliphatic rings. The third-order valence-corrected chi connectivity index (χ3v) is 2.22. The van der Waals surface area contributed by atoms with E-state index in [1.165, 1.54) is 0 Å². The van der Waals surface area contributed by atoms with E-state index in [-0.39, 0.29) is 6.61 Å². The van der Waals surface area contributed by atoms with Gasteiger partial charge in [0.1, 0.15) is 0 Å². The number of esters is 1. The molecule has 0 aromatic rings. The molecule has 12 heavy (non-hydrogen) atoms. The van der Waals surface area contributed by atoms with Gasteiger partial charge in [-0.2, -0.15) is 0 Å². The number of hydrogen-bond donors (Lipinski definition) is 2. The second-order valence-electron chi connectivity index (χ2n) is 3.05. The van der Waals surface area contributed by atoms with Crippen LogP contribution < -0.4 is 0 Å². The molecular weight excluding hydrogens is 160 g/mol. The lowest BCUT2D eigenvalue weighted by Crippen LogP contribution is -2.46. The van der Waals surface area contributed by atoms with Gasteiger partial charge in [0.2, 0.25) is 0 Å². The van der Waals surface area contributed by atoms with E-state index in [0.717, 1.165) is 0 Å². The fourth-order valence-electron chi connectivity index (χ4n) is 1.46. The number of rotatable bonds is 2. The van der Waals surface area contributed by atoms with E-state index in [2.05, 4.69) is 4.74 Å². The van der Waals surface area contributed by atoms with Crippen molar-refractivity contribution in [2.24, 2.45) is 0 Å². The molecule has 1 aliphatic carbocycles. The van der Waals surface area contributed by atoms with E-state index in [1.807, 2.05) is 0 Å². The van der Waals surface area contributed by atoms with Gasteiger partial charge in [-0.25, -0.2) is 4.79 Å². The quantitative estimate of drug-likeness (QED) is 0.570. The Hall–Kier alpha value is -0.610. The lowest BCUT2D eigenvalue weighted by atomic mass is 10.0. The van der Waals surface area contributed by atoms with Crippen LogP contribution in [0.1, 0.15) is 26.2 Å². The van der Waals surface area contributed by atoms with Gasteiger partial charge in [-0.05, 0) is 26.2 Å². The first-order valence-electron chi connectivity index (χ1n) is 4.19. The normalized spacial score (nSPS) is 35.1. The highest BCUT2D eigenvalue weighted by molar-refractivity contribution is 5.80. The van der Waals surface area contributed by atoms with Crippen molar-refractivity contribution in [2.45, 2.75) is 37.9 Å². The molecule has 1 saturated carbocycles. The van der Waals surface area contributed by atoms with Crippen molar-refractivity contribution in [3.05, 3.63) is 0 Å². The average molecular weight is 174 g/mol. The van der Waals surface area contributed by atoms with Crippen molar-refractivity contribution in [1.82, 2.24) is 0 Å². The van der Waals surface area contributed by atoms with E-state index >= 15 is 0 Å². The number of aliphatic hydroxyl groups is 2. The summed E-state index contributed by atoms with van der Waals surface area (Å²) in [7, 11) is 0. The summed E-state index contributed by atoms with van der Waals surface area (Å²) in [6.07, 6.45) is 0.468. The van der Waals surface area contributed by atoms with Crippen LogP contribution in [0.3, 0.4) is 0 Å². The maximum Gasteiger partial charge on any atom is 0.340 e. The Morgan fingerprint density at radius 2 is 2.42 bits per heavy atom. The average Bonchev–Trinajstić information content (AvgIpc) is 2.34. The monoisotopic (exact) mass is 174 g/mol. The number of ether oxygens (including phenoxy) is 1. The van der Waals surface area contributed by atoms with Crippen LogP contribution in [0.15, 0.2) is 0 Å². The minimum Gasteiger partial charge on any atom is -0.464 e. The zero-order chi connectivity index (χ0) is 9.19. The minimum absolute atomic E-state index is 0.230.